The molecule has 0 atom stereocenters. The molecule has 0 aromatic carbocycles. The largest absolute Gasteiger partial charge is 1.00 e. The lowest BCUT2D eigenvalue weighted by molar-refractivity contribution is -0.891. The highest BCUT2D eigenvalue weighted by Crippen LogP contribution is 2.14. The average Bonchev–Trinajstić information content (AvgIpc) is 2.87. The van der Waals surface area contributed by atoms with Crippen LogP contribution in [0.4, 0.5) is 5.82 Å². The van der Waals surface area contributed by atoms with Crippen LogP contribution in [0.1, 0.15) is 122 Å². The second kappa shape index (κ2) is 28.5. The number of halogens is 3. The van der Waals surface area contributed by atoms with E-state index in [0.29, 0.717) is 6.42 Å². The molecule has 1 heterocycles. The van der Waals surface area contributed by atoms with Crippen molar-refractivity contribution in [3.05, 3.63) is 24.4 Å². The number of pyridine rings is 1. The second-order valence-electron chi connectivity index (χ2n) is 13.6. The maximum atomic E-state index is 12.6. The van der Waals surface area contributed by atoms with Crippen LogP contribution in [0, 0.1) is 0 Å². The second-order valence-corrected chi connectivity index (χ2v) is 13.6. The predicted molar refractivity (Wildman–Crippen MR) is 169 cm³/mol. The molecule has 0 fully saturated rings. The van der Waals surface area contributed by atoms with Crippen LogP contribution in [0.5, 0.6) is 0 Å². The molecule has 1 aromatic heterocycles. The third kappa shape index (κ3) is 27.5. The molecule has 250 valence electrons. The quantitative estimate of drug-likeness (QED) is 0.0752. The first-order valence-corrected chi connectivity index (χ1v) is 16.5. The maximum absolute atomic E-state index is 12.6. The number of carbonyl (C=O) groups is 1. The van der Waals surface area contributed by atoms with Gasteiger partial charge in [0.1, 0.15) is 13.1 Å². The summed E-state index contributed by atoms with van der Waals surface area (Å²) in [5, 5.41) is 3.14. The van der Waals surface area contributed by atoms with E-state index in [1.807, 2.05) is 18.2 Å². The number of carbonyl (C=O) groups excluding carboxylic acids is 1. The van der Waals surface area contributed by atoms with Gasteiger partial charge in [0.15, 0.2) is 0 Å². The number of hydrogen-bond acceptors (Lipinski definition) is 1. The number of rotatable bonds is 25. The number of likely N-dealkylation sites (N-methyl/N-ethyl adjacent to an activating group) is 1. The van der Waals surface area contributed by atoms with Gasteiger partial charge in [-0.3, -0.25) is 0 Å². The lowest BCUT2D eigenvalue weighted by Gasteiger charge is -2.30. The van der Waals surface area contributed by atoms with Crippen LogP contribution >= 0.6 is 0 Å². The Kier molecular flexibility index (Phi) is 31.4. The van der Waals surface area contributed by atoms with E-state index in [4.69, 9.17) is 0 Å². The number of unbranched alkanes of at least 4 members (excludes halogenated alkanes) is 15. The molecule has 0 bridgehead atoms. The van der Waals surface area contributed by atoms with Crippen molar-refractivity contribution in [1.82, 2.24) is 0 Å². The summed E-state index contributed by atoms with van der Waals surface area (Å²) in [7, 11) is 11.3. The Bertz CT molecular complexity index is 757. The summed E-state index contributed by atoms with van der Waals surface area (Å²) in [6, 6.07) is 6.03. The number of nitrogens with zero attached hydrogens (tertiary/aromatic N) is 3. The molecule has 0 spiro atoms. The number of amides is 1. The Balaban J connectivity index is -0.00000507. The number of quaternary nitrogens is 2. The molecule has 0 saturated carbocycles. The van der Waals surface area contributed by atoms with Crippen molar-refractivity contribution in [2.24, 2.45) is 0 Å². The Morgan fingerprint density at radius 1 is 0.643 bits per heavy atom. The van der Waals surface area contributed by atoms with Crippen LogP contribution in [-0.4, -0.2) is 69.7 Å². The van der Waals surface area contributed by atoms with Crippen molar-refractivity contribution in [2.45, 2.75) is 129 Å². The summed E-state index contributed by atoms with van der Waals surface area (Å²) in [4.78, 5) is 12.6. The smallest absolute Gasteiger partial charge is 0.307 e. The summed E-state index contributed by atoms with van der Waals surface area (Å²) in [6.07, 6.45) is 25.9. The van der Waals surface area contributed by atoms with Crippen LogP contribution in [-0.2, 0) is 11.3 Å². The molecule has 8 heteroatoms. The van der Waals surface area contributed by atoms with Gasteiger partial charge in [0.05, 0.1) is 54.5 Å². The Labute approximate surface area is 293 Å². The fourth-order valence-electron chi connectivity index (χ4n) is 5.25. The lowest BCUT2D eigenvalue weighted by Crippen LogP contribution is -3.00. The molecule has 1 N–H and O–H groups in total. The number of anilines is 1. The minimum Gasteiger partial charge on any atom is -1.00 e. The first-order valence-electron chi connectivity index (χ1n) is 16.5. The molecule has 0 aliphatic rings. The van der Waals surface area contributed by atoms with E-state index < -0.39 is 0 Å². The molecule has 0 radical (unpaired) electrons. The van der Waals surface area contributed by atoms with Gasteiger partial charge in [-0.05, 0) is 38.2 Å². The highest BCUT2D eigenvalue weighted by Gasteiger charge is 2.17. The molecule has 42 heavy (non-hydrogen) atoms. The summed E-state index contributed by atoms with van der Waals surface area (Å²) in [5.74, 6) is 1.04. The normalized spacial score (nSPS) is 11.3. The van der Waals surface area contributed by atoms with E-state index in [0.717, 1.165) is 40.7 Å². The van der Waals surface area contributed by atoms with Gasteiger partial charge >= 0.3 is 5.91 Å². The van der Waals surface area contributed by atoms with Crippen LogP contribution in [0.3, 0.4) is 0 Å². The highest BCUT2D eigenvalue weighted by molar-refractivity contribution is 5.88. The summed E-state index contributed by atoms with van der Waals surface area (Å²) < 4.78 is 4.17. The van der Waals surface area contributed by atoms with Gasteiger partial charge in [-0.2, -0.15) is 0 Å². The Morgan fingerprint density at radius 3 is 1.57 bits per heavy atom. The topological polar surface area (TPSA) is 33.0 Å². The van der Waals surface area contributed by atoms with Crippen molar-refractivity contribution in [3.8, 4) is 0 Å². The van der Waals surface area contributed by atoms with Gasteiger partial charge < -0.3 is 59.9 Å². The zero-order chi connectivity index (χ0) is 28.8. The minimum atomic E-state index is 0. The number of hydrogen-bond donors (Lipinski definition) is 1. The molecule has 1 amide bonds. The van der Waals surface area contributed by atoms with Gasteiger partial charge in [-0.1, -0.05) is 90.0 Å². The number of aromatic nitrogens is 1. The van der Waals surface area contributed by atoms with Crippen LogP contribution in [0.25, 0.3) is 0 Å². The van der Waals surface area contributed by atoms with Crippen LogP contribution in [0.15, 0.2) is 24.4 Å². The molecule has 0 unspecified atom stereocenters. The molecular weight excluding hydrogens is 720 g/mol. The maximum Gasteiger partial charge on any atom is 0.307 e. The van der Waals surface area contributed by atoms with E-state index in [1.54, 1.807) is 0 Å². The van der Waals surface area contributed by atoms with E-state index in [2.05, 4.69) is 58.2 Å². The monoisotopic (exact) mass is 784 g/mol. The predicted octanol–water partition coefficient (Wildman–Crippen LogP) is -1.25. The molecule has 1 aromatic rings. The van der Waals surface area contributed by atoms with Gasteiger partial charge in [0.2, 0.25) is 0 Å². The molecule has 0 saturated heterocycles. The summed E-state index contributed by atoms with van der Waals surface area (Å²) >= 11 is 0. The fraction of sp³-hybridized carbons (Fsp3) is 0.824. The molecule has 1 rings (SSSR count). The van der Waals surface area contributed by atoms with Crippen molar-refractivity contribution in [3.63, 3.8) is 0 Å². The fourth-order valence-corrected chi connectivity index (χ4v) is 5.25. The average molecular weight is 788 g/mol. The van der Waals surface area contributed by atoms with Crippen molar-refractivity contribution in [2.75, 3.05) is 60.2 Å². The van der Waals surface area contributed by atoms with E-state index in [-0.39, 0.29) is 56.9 Å². The zero-order valence-corrected chi connectivity index (χ0v) is 33.0. The number of nitrogens with one attached hydrogen (secondary N) is 1. The third-order valence-electron chi connectivity index (χ3n) is 8.00. The highest BCUT2D eigenvalue weighted by atomic mass is 79.9. The lowest BCUT2D eigenvalue weighted by atomic mass is 10.0. The van der Waals surface area contributed by atoms with Gasteiger partial charge in [-0.25, -0.2) is 14.7 Å². The minimum absolute atomic E-state index is 0. The standard InChI is InChI=1S/C34H66N4O.3BrH/c1-7-8-9-10-11-12-13-14-15-16-17-18-19-24-30-38(5,6)31-25-20-21-27-34(39)35-33-26-22-23-28-36(33)29-32-37(2,3)4;;;/h22-23,26,28H,7-21,24-25,27,29-32H2,1-6H3;3*1H/q+2;;;/p-2. The SMILES string of the molecule is CCCCCCCCCCCCCCCC[N+](C)(C)CCCCCC(=O)Nc1cccc[n+]1CC[N+](C)(C)C.[Br-].[Br-].[Br-]. The zero-order valence-electron chi connectivity index (χ0n) is 28.2. The van der Waals surface area contributed by atoms with Crippen molar-refractivity contribution < 1.29 is 69.3 Å². The molecular formula is C34H67Br3N4O. The van der Waals surface area contributed by atoms with Gasteiger partial charge in [-0.15, -0.1) is 0 Å². The summed E-state index contributed by atoms with van der Waals surface area (Å²) in [6.45, 7) is 6.70. The molecule has 0 aliphatic carbocycles. The molecule has 0 aliphatic heterocycles. The van der Waals surface area contributed by atoms with Crippen molar-refractivity contribution in [1.29, 1.82) is 0 Å². The molecule has 5 nitrogen and oxygen atoms in total. The van der Waals surface area contributed by atoms with Gasteiger partial charge in [0, 0.05) is 12.5 Å². The van der Waals surface area contributed by atoms with E-state index in [1.165, 1.54) is 109 Å². The van der Waals surface area contributed by atoms with E-state index in [9.17, 15) is 4.79 Å². The summed E-state index contributed by atoms with van der Waals surface area (Å²) in [5.41, 5.74) is 0. The van der Waals surface area contributed by atoms with Crippen molar-refractivity contribution >= 4 is 11.7 Å². The van der Waals surface area contributed by atoms with Crippen LogP contribution < -0.4 is 60.8 Å². The third-order valence-corrected chi connectivity index (χ3v) is 8.00. The van der Waals surface area contributed by atoms with E-state index >= 15 is 0 Å². The first-order chi connectivity index (χ1) is 18.6. The first kappa shape index (κ1) is 46.4. The Hall–Kier alpha value is -0.0200. The Morgan fingerprint density at radius 2 is 1.10 bits per heavy atom. The van der Waals surface area contributed by atoms with Gasteiger partial charge in [0.25, 0.3) is 5.82 Å². The van der Waals surface area contributed by atoms with Crippen LogP contribution in [0.2, 0.25) is 0 Å².